The highest BCUT2D eigenvalue weighted by atomic mass is 16.6. The predicted molar refractivity (Wildman–Crippen MR) is 171 cm³/mol. The van der Waals surface area contributed by atoms with Crippen LogP contribution in [-0.4, -0.2) is 24.9 Å². The van der Waals surface area contributed by atoms with Gasteiger partial charge in [0.2, 0.25) is 0 Å². The Morgan fingerprint density at radius 1 is 0.395 bits per heavy atom. The van der Waals surface area contributed by atoms with Crippen molar-refractivity contribution in [3.8, 4) is 0 Å². The first-order valence-corrected chi connectivity index (χ1v) is 17.8. The number of hydrogen-bond acceptors (Lipinski definition) is 2. The molecule has 228 valence electrons. The molecule has 0 aromatic carbocycles. The third-order valence-corrected chi connectivity index (χ3v) is 7.87. The number of aliphatic hydroxyl groups excluding tert-OH is 1. The van der Waals surface area contributed by atoms with Gasteiger partial charge < -0.3 is 9.84 Å². The molecule has 1 aliphatic rings. The Kier molecular flexibility index (Phi) is 36.3. The Morgan fingerprint density at radius 3 is 0.868 bits per heavy atom. The summed E-state index contributed by atoms with van der Waals surface area (Å²) in [5, 5.41) is 8.77. The van der Waals surface area contributed by atoms with Crippen molar-refractivity contribution < 1.29 is 9.84 Å². The molecular formula is C36H72O2. The van der Waals surface area contributed by atoms with E-state index < -0.39 is 0 Å². The normalized spacial score (nSPS) is 12.7. The summed E-state index contributed by atoms with van der Waals surface area (Å²) in [7, 11) is 0. The van der Waals surface area contributed by atoms with Crippen LogP contribution >= 0.6 is 0 Å². The van der Waals surface area contributed by atoms with Crippen LogP contribution in [0.3, 0.4) is 0 Å². The van der Waals surface area contributed by atoms with E-state index in [1.165, 1.54) is 186 Å². The number of epoxide rings is 1. The van der Waals surface area contributed by atoms with E-state index in [4.69, 9.17) is 5.11 Å². The van der Waals surface area contributed by atoms with Crippen molar-refractivity contribution in [2.75, 3.05) is 19.8 Å². The van der Waals surface area contributed by atoms with Crippen molar-refractivity contribution in [1.29, 1.82) is 0 Å². The first kappa shape index (κ1) is 37.7. The van der Waals surface area contributed by atoms with E-state index in [0.29, 0.717) is 6.61 Å². The summed E-state index contributed by atoms with van der Waals surface area (Å²) in [4.78, 5) is 0. The molecule has 0 aliphatic carbocycles. The second kappa shape index (κ2) is 36.7. The minimum absolute atomic E-state index is 0.363. The molecule has 1 N–H and O–H groups in total. The second-order valence-electron chi connectivity index (χ2n) is 11.9. The minimum Gasteiger partial charge on any atom is -0.396 e. The number of hydrogen-bond donors (Lipinski definition) is 1. The molecule has 0 saturated carbocycles. The Labute approximate surface area is 241 Å². The van der Waals surface area contributed by atoms with Gasteiger partial charge in [-0.05, 0) is 32.1 Å². The fourth-order valence-corrected chi connectivity index (χ4v) is 5.19. The van der Waals surface area contributed by atoms with Crippen LogP contribution in [0.25, 0.3) is 0 Å². The van der Waals surface area contributed by atoms with Gasteiger partial charge in [0, 0.05) is 6.61 Å². The van der Waals surface area contributed by atoms with Gasteiger partial charge >= 0.3 is 0 Å². The first-order chi connectivity index (χ1) is 18.9. The van der Waals surface area contributed by atoms with Crippen molar-refractivity contribution >= 4 is 0 Å². The lowest BCUT2D eigenvalue weighted by Crippen LogP contribution is -1.84. The van der Waals surface area contributed by atoms with Gasteiger partial charge in [-0.2, -0.15) is 0 Å². The number of allylic oxidation sites excluding steroid dienone is 2. The zero-order valence-electron chi connectivity index (χ0n) is 26.3. The first-order valence-electron chi connectivity index (χ1n) is 17.8. The van der Waals surface area contributed by atoms with Crippen molar-refractivity contribution in [1.82, 2.24) is 0 Å². The van der Waals surface area contributed by atoms with Gasteiger partial charge in [-0.25, -0.2) is 0 Å². The molecular weight excluding hydrogens is 464 g/mol. The molecule has 2 nitrogen and oxygen atoms in total. The Bertz CT molecular complexity index is 415. The minimum atomic E-state index is 0.363. The largest absolute Gasteiger partial charge is 0.396 e. The van der Waals surface area contributed by atoms with Crippen LogP contribution in [0.1, 0.15) is 200 Å². The number of ether oxygens (including phenoxy) is 1. The van der Waals surface area contributed by atoms with Crippen LogP contribution in [0.4, 0.5) is 0 Å². The molecule has 0 spiro atoms. The van der Waals surface area contributed by atoms with Gasteiger partial charge in [-0.3, -0.25) is 0 Å². The van der Waals surface area contributed by atoms with E-state index in [-0.39, 0.29) is 0 Å². The van der Waals surface area contributed by atoms with Gasteiger partial charge in [-0.15, -0.1) is 0 Å². The molecule has 0 radical (unpaired) electrons. The Morgan fingerprint density at radius 2 is 0.632 bits per heavy atom. The number of unbranched alkanes of at least 4 members (excludes halogenated alkanes) is 28. The quantitative estimate of drug-likeness (QED) is 0.0543. The Hall–Kier alpha value is -0.340. The topological polar surface area (TPSA) is 32.8 Å². The third kappa shape index (κ3) is 40.2. The van der Waals surface area contributed by atoms with Crippen molar-refractivity contribution in [2.45, 2.75) is 200 Å². The van der Waals surface area contributed by atoms with Gasteiger partial charge in [0.25, 0.3) is 0 Å². The fraction of sp³-hybridized carbons (Fsp3) is 0.944. The standard InChI is InChI=1S/C34H68O.C2H4O/c1-2-3-4-5-6-7-8-9-10-11-12-13-14-15-16-17-18-19-20-21-22-23-24-25-26-27-28-29-30-31-32-33-34-35;1-2-3-1/h25-26,35H,2-24,27-34H2,1H3;1-2H2. The highest BCUT2D eigenvalue weighted by Crippen LogP contribution is 2.15. The zero-order chi connectivity index (χ0) is 27.5. The molecule has 0 unspecified atom stereocenters. The lowest BCUT2D eigenvalue weighted by atomic mass is 10.0. The average Bonchev–Trinajstić information content (AvgIpc) is 3.82. The molecule has 0 bridgehead atoms. The summed E-state index contributed by atoms with van der Waals surface area (Å²) in [5.41, 5.74) is 0. The molecule has 0 aromatic heterocycles. The van der Waals surface area contributed by atoms with E-state index in [0.717, 1.165) is 19.6 Å². The SMILES string of the molecule is C1CO1.CCCCCCCCCCCCCCCCCCCCCCCCC=CCCCCCCCCO. The van der Waals surface area contributed by atoms with Crippen LogP contribution in [-0.2, 0) is 4.74 Å². The lowest BCUT2D eigenvalue weighted by Gasteiger charge is -2.04. The average molecular weight is 537 g/mol. The summed E-state index contributed by atoms with van der Waals surface area (Å²) in [6.45, 7) is 4.67. The van der Waals surface area contributed by atoms with E-state index >= 15 is 0 Å². The summed E-state index contributed by atoms with van der Waals surface area (Å²) in [6.07, 6.45) is 47.1. The second-order valence-corrected chi connectivity index (χ2v) is 11.9. The molecule has 1 saturated heterocycles. The van der Waals surface area contributed by atoms with E-state index in [1.54, 1.807) is 0 Å². The van der Waals surface area contributed by atoms with E-state index in [2.05, 4.69) is 23.8 Å². The van der Waals surface area contributed by atoms with E-state index in [9.17, 15) is 0 Å². The summed E-state index contributed by atoms with van der Waals surface area (Å²) in [6, 6.07) is 0. The van der Waals surface area contributed by atoms with E-state index in [1.807, 2.05) is 0 Å². The molecule has 0 amide bonds. The Balaban J connectivity index is 0.00000423. The molecule has 0 atom stereocenters. The maximum Gasteiger partial charge on any atom is 0.0701 e. The maximum absolute atomic E-state index is 8.77. The molecule has 38 heavy (non-hydrogen) atoms. The van der Waals surface area contributed by atoms with Crippen LogP contribution in [0, 0.1) is 0 Å². The van der Waals surface area contributed by atoms with Crippen LogP contribution < -0.4 is 0 Å². The predicted octanol–water partition coefficient (Wildman–Crippen LogP) is 12.3. The molecule has 1 rings (SSSR count). The van der Waals surface area contributed by atoms with Gasteiger partial charge in [-0.1, -0.05) is 180 Å². The number of aliphatic hydroxyl groups is 1. The number of rotatable bonds is 31. The molecule has 1 fully saturated rings. The third-order valence-electron chi connectivity index (χ3n) is 7.87. The van der Waals surface area contributed by atoms with Gasteiger partial charge in [0.15, 0.2) is 0 Å². The lowest BCUT2D eigenvalue weighted by molar-refractivity contribution is 0.282. The van der Waals surface area contributed by atoms with Crippen LogP contribution in [0.2, 0.25) is 0 Å². The summed E-state index contributed by atoms with van der Waals surface area (Å²) < 4.78 is 4.50. The maximum atomic E-state index is 8.77. The fourth-order valence-electron chi connectivity index (χ4n) is 5.19. The highest BCUT2D eigenvalue weighted by molar-refractivity contribution is 4.81. The van der Waals surface area contributed by atoms with Gasteiger partial charge in [0.1, 0.15) is 0 Å². The molecule has 2 heteroatoms. The van der Waals surface area contributed by atoms with Crippen molar-refractivity contribution in [3.05, 3.63) is 12.2 Å². The van der Waals surface area contributed by atoms with Crippen molar-refractivity contribution in [3.63, 3.8) is 0 Å². The molecule has 1 aliphatic heterocycles. The molecule has 0 aromatic rings. The summed E-state index contributed by atoms with van der Waals surface area (Å²) >= 11 is 0. The molecule has 1 heterocycles. The smallest absolute Gasteiger partial charge is 0.0701 e. The monoisotopic (exact) mass is 537 g/mol. The van der Waals surface area contributed by atoms with Gasteiger partial charge in [0.05, 0.1) is 13.2 Å². The van der Waals surface area contributed by atoms with Crippen LogP contribution in [0.15, 0.2) is 12.2 Å². The van der Waals surface area contributed by atoms with Crippen molar-refractivity contribution in [2.24, 2.45) is 0 Å². The van der Waals surface area contributed by atoms with Crippen LogP contribution in [0.5, 0.6) is 0 Å². The zero-order valence-corrected chi connectivity index (χ0v) is 26.3. The highest BCUT2D eigenvalue weighted by Gasteiger charge is 1.96. The summed E-state index contributed by atoms with van der Waals surface area (Å²) in [5.74, 6) is 0.